The van der Waals surface area contributed by atoms with Gasteiger partial charge in [-0.1, -0.05) is 0 Å². The van der Waals surface area contributed by atoms with E-state index in [0.29, 0.717) is 6.04 Å². The molecule has 0 aliphatic heterocycles. The zero-order valence-electron chi connectivity index (χ0n) is 9.41. The summed E-state index contributed by atoms with van der Waals surface area (Å²) in [4.78, 5) is 6.14. The second-order valence-electron chi connectivity index (χ2n) is 4.82. The number of aryl methyl sites for hydroxylation is 2. The first-order chi connectivity index (χ1) is 7.83. The average Bonchev–Trinajstić information content (AvgIpc) is 2.89. The first kappa shape index (κ1) is 10.7. The number of rotatable bonds is 3. The van der Waals surface area contributed by atoms with Gasteiger partial charge in [-0.2, -0.15) is 0 Å². The van der Waals surface area contributed by atoms with Crippen molar-refractivity contribution in [2.45, 2.75) is 57.2 Å². The van der Waals surface area contributed by atoms with Gasteiger partial charge in [-0.05, 0) is 38.5 Å². The van der Waals surface area contributed by atoms with Gasteiger partial charge in [-0.3, -0.25) is 0 Å². The molecule has 0 spiro atoms. The molecule has 4 heteroatoms. The molecular weight excluding hydrogens is 220 g/mol. The smallest absolute Gasteiger partial charge is 0.107 e. The number of aromatic nitrogens is 1. The minimum Gasteiger partial charge on any atom is -0.392 e. The molecule has 1 aromatic rings. The summed E-state index contributed by atoms with van der Waals surface area (Å²) in [6, 6.07) is 0.291. The first-order valence-electron chi connectivity index (χ1n) is 6.22. The Labute approximate surface area is 99.9 Å². The van der Waals surface area contributed by atoms with Crippen LogP contribution in [-0.2, 0) is 19.4 Å². The maximum Gasteiger partial charge on any atom is 0.107 e. The summed E-state index contributed by atoms with van der Waals surface area (Å²) in [5, 5.41) is 14.3. The standard InChI is InChI=1S/C12H18N2OS/c15-10-5-1-3-8(10)13-7-12-14-9-4-2-6-11(9)16-12/h8,10,13,15H,1-7H2. The summed E-state index contributed by atoms with van der Waals surface area (Å²) in [7, 11) is 0. The Hall–Kier alpha value is -0.450. The van der Waals surface area contributed by atoms with Crippen LogP contribution in [0.4, 0.5) is 0 Å². The predicted molar refractivity (Wildman–Crippen MR) is 64.6 cm³/mol. The van der Waals surface area contributed by atoms with E-state index >= 15 is 0 Å². The number of hydrogen-bond donors (Lipinski definition) is 2. The maximum absolute atomic E-state index is 9.70. The average molecular weight is 238 g/mol. The summed E-state index contributed by atoms with van der Waals surface area (Å²) in [6.07, 6.45) is 6.72. The number of aliphatic hydroxyl groups is 1. The third kappa shape index (κ3) is 2.01. The Kier molecular flexibility index (Phi) is 2.96. The Balaban J connectivity index is 1.58. The number of hydrogen-bond acceptors (Lipinski definition) is 4. The van der Waals surface area contributed by atoms with Gasteiger partial charge in [-0.25, -0.2) is 4.98 Å². The van der Waals surface area contributed by atoms with Crippen molar-refractivity contribution >= 4 is 11.3 Å². The Morgan fingerprint density at radius 1 is 1.31 bits per heavy atom. The van der Waals surface area contributed by atoms with Crippen LogP contribution in [0.5, 0.6) is 0 Å². The molecule has 1 fully saturated rings. The first-order valence-corrected chi connectivity index (χ1v) is 7.03. The molecule has 0 saturated heterocycles. The molecular formula is C12H18N2OS. The number of fused-ring (bicyclic) bond motifs is 1. The van der Waals surface area contributed by atoms with Crippen LogP contribution < -0.4 is 5.32 Å². The zero-order chi connectivity index (χ0) is 11.0. The van der Waals surface area contributed by atoms with E-state index in [4.69, 9.17) is 0 Å². The Bertz CT molecular complexity index is 356. The highest BCUT2D eigenvalue weighted by Gasteiger charge is 2.25. The van der Waals surface area contributed by atoms with Crippen molar-refractivity contribution in [3.05, 3.63) is 15.6 Å². The van der Waals surface area contributed by atoms with Crippen molar-refractivity contribution in [2.75, 3.05) is 0 Å². The molecule has 0 radical (unpaired) electrons. The van der Waals surface area contributed by atoms with Crippen LogP contribution in [0.3, 0.4) is 0 Å². The van der Waals surface area contributed by atoms with Crippen LogP contribution in [0.15, 0.2) is 0 Å². The van der Waals surface area contributed by atoms with E-state index in [1.807, 2.05) is 11.3 Å². The summed E-state index contributed by atoms with van der Waals surface area (Å²) in [5.74, 6) is 0. The lowest BCUT2D eigenvalue weighted by molar-refractivity contribution is 0.148. The van der Waals surface area contributed by atoms with E-state index < -0.39 is 0 Å². The largest absolute Gasteiger partial charge is 0.392 e. The molecule has 2 N–H and O–H groups in total. The molecule has 3 nitrogen and oxygen atoms in total. The van der Waals surface area contributed by atoms with Crippen LogP contribution in [0, 0.1) is 0 Å². The highest BCUT2D eigenvalue weighted by molar-refractivity contribution is 7.11. The van der Waals surface area contributed by atoms with E-state index in [1.54, 1.807) is 0 Å². The van der Waals surface area contributed by atoms with E-state index in [-0.39, 0.29) is 6.10 Å². The zero-order valence-corrected chi connectivity index (χ0v) is 10.2. The second-order valence-corrected chi connectivity index (χ2v) is 5.98. The van der Waals surface area contributed by atoms with Crippen LogP contribution in [0.1, 0.15) is 41.3 Å². The molecule has 1 saturated carbocycles. The lowest BCUT2D eigenvalue weighted by Gasteiger charge is -2.15. The van der Waals surface area contributed by atoms with Gasteiger partial charge in [0.15, 0.2) is 0 Å². The quantitative estimate of drug-likeness (QED) is 0.841. The molecule has 3 rings (SSSR count). The van der Waals surface area contributed by atoms with Gasteiger partial charge in [0.05, 0.1) is 11.8 Å². The van der Waals surface area contributed by atoms with Crippen LogP contribution in [0.2, 0.25) is 0 Å². The van der Waals surface area contributed by atoms with Gasteiger partial charge in [0, 0.05) is 17.5 Å². The number of thiazole rings is 1. The number of nitrogens with one attached hydrogen (secondary N) is 1. The molecule has 0 bridgehead atoms. The van der Waals surface area contributed by atoms with Gasteiger partial charge < -0.3 is 10.4 Å². The predicted octanol–water partition coefficient (Wildman–Crippen LogP) is 1.63. The van der Waals surface area contributed by atoms with Crippen molar-refractivity contribution in [3.8, 4) is 0 Å². The third-order valence-electron chi connectivity index (χ3n) is 3.63. The molecule has 2 aliphatic rings. The molecule has 1 aromatic heterocycles. The van der Waals surface area contributed by atoms with Gasteiger partial charge in [0.25, 0.3) is 0 Å². The van der Waals surface area contributed by atoms with Gasteiger partial charge >= 0.3 is 0 Å². The highest BCUT2D eigenvalue weighted by atomic mass is 32.1. The summed E-state index contributed by atoms with van der Waals surface area (Å²) >= 11 is 1.85. The fourth-order valence-electron chi connectivity index (χ4n) is 2.72. The number of aliphatic hydroxyl groups excluding tert-OH is 1. The van der Waals surface area contributed by atoms with Crippen molar-refractivity contribution in [3.63, 3.8) is 0 Å². The molecule has 88 valence electrons. The van der Waals surface area contributed by atoms with Crippen molar-refractivity contribution < 1.29 is 5.11 Å². The van der Waals surface area contributed by atoms with Gasteiger partial charge in [0.2, 0.25) is 0 Å². The molecule has 2 unspecified atom stereocenters. The van der Waals surface area contributed by atoms with Crippen molar-refractivity contribution in [1.29, 1.82) is 0 Å². The lowest BCUT2D eigenvalue weighted by atomic mass is 10.2. The molecule has 1 heterocycles. The molecule has 16 heavy (non-hydrogen) atoms. The van der Waals surface area contributed by atoms with Gasteiger partial charge in [0.1, 0.15) is 5.01 Å². The summed E-state index contributed by atoms with van der Waals surface area (Å²) < 4.78 is 0. The van der Waals surface area contributed by atoms with E-state index in [2.05, 4.69) is 10.3 Å². The topological polar surface area (TPSA) is 45.1 Å². The normalized spacial score (nSPS) is 28.6. The third-order valence-corrected chi connectivity index (χ3v) is 4.79. The van der Waals surface area contributed by atoms with Crippen molar-refractivity contribution in [1.82, 2.24) is 10.3 Å². The molecule has 0 amide bonds. The Morgan fingerprint density at radius 2 is 2.25 bits per heavy atom. The summed E-state index contributed by atoms with van der Waals surface area (Å²) in [6.45, 7) is 0.833. The van der Waals surface area contributed by atoms with E-state index in [0.717, 1.165) is 32.2 Å². The van der Waals surface area contributed by atoms with E-state index in [1.165, 1.54) is 28.4 Å². The Morgan fingerprint density at radius 3 is 3.00 bits per heavy atom. The summed E-state index contributed by atoms with van der Waals surface area (Å²) in [5.41, 5.74) is 1.33. The number of nitrogens with zero attached hydrogens (tertiary/aromatic N) is 1. The van der Waals surface area contributed by atoms with Crippen LogP contribution in [-0.4, -0.2) is 22.2 Å². The van der Waals surface area contributed by atoms with Crippen LogP contribution >= 0.6 is 11.3 Å². The maximum atomic E-state index is 9.70. The minimum absolute atomic E-state index is 0.146. The minimum atomic E-state index is -0.146. The highest BCUT2D eigenvalue weighted by Crippen LogP contribution is 2.27. The van der Waals surface area contributed by atoms with Crippen LogP contribution in [0.25, 0.3) is 0 Å². The van der Waals surface area contributed by atoms with Gasteiger partial charge in [-0.15, -0.1) is 11.3 Å². The van der Waals surface area contributed by atoms with E-state index in [9.17, 15) is 5.11 Å². The molecule has 2 atom stereocenters. The molecule has 2 aliphatic carbocycles. The fourth-order valence-corrected chi connectivity index (χ4v) is 3.82. The fraction of sp³-hybridized carbons (Fsp3) is 0.750. The second kappa shape index (κ2) is 4.43. The lowest BCUT2D eigenvalue weighted by Crippen LogP contribution is -2.35. The SMILES string of the molecule is OC1CCCC1NCc1nc2c(s1)CCC2. The monoisotopic (exact) mass is 238 g/mol. The molecule has 0 aromatic carbocycles. The van der Waals surface area contributed by atoms with Crippen molar-refractivity contribution in [2.24, 2.45) is 0 Å².